The molecule has 1 aromatic heterocycles. The Morgan fingerprint density at radius 3 is 3.00 bits per heavy atom. The molecule has 2 atom stereocenters. The molecule has 0 aliphatic carbocycles. The van der Waals surface area contributed by atoms with Crippen LogP contribution in [0.25, 0.3) is 0 Å². The van der Waals surface area contributed by atoms with E-state index in [2.05, 4.69) is 26.8 Å². The Hall–Kier alpha value is -1.53. The lowest BCUT2D eigenvalue weighted by Gasteiger charge is -2.25. The molecule has 2 aliphatic heterocycles. The van der Waals surface area contributed by atoms with Crippen molar-refractivity contribution in [3.63, 3.8) is 0 Å². The number of fused-ring (bicyclic) bond motifs is 2. The molecule has 0 radical (unpaired) electrons. The Morgan fingerprint density at radius 1 is 1.40 bits per heavy atom. The van der Waals surface area contributed by atoms with Crippen LogP contribution in [0.5, 0.6) is 0 Å². The quantitative estimate of drug-likeness (QED) is 0.882. The fraction of sp³-hybridized carbons (Fsp3) is 0.643. The Bertz CT molecular complexity index is 508. The van der Waals surface area contributed by atoms with Gasteiger partial charge in [-0.15, -0.1) is 0 Å². The maximum atomic E-state index is 11.2. The predicted molar refractivity (Wildman–Crippen MR) is 73.5 cm³/mol. The Kier molecular flexibility index (Phi) is 3.67. The molecule has 6 nitrogen and oxygen atoms in total. The average molecular weight is 276 g/mol. The molecule has 0 aromatic carbocycles. The minimum Gasteiger partial charge on any atom is -0.478 e. The van der Waals surface area contributed by atoms with E-state index >= 15 is 0 Å². The van der Waals surface area contributed by atoms with Crippen molar-refractivity contribution < 1.29 is 9.90 Å². The molecule has 2 fully saturated rings. The third kappa shape index (κ3) is 2.53. The number of hydrogen-bond acceptors (Lipinski definition) is 5. The lowest BCUT2D eigenvalue weighted by Crippen LogP contribution is -2.36. The van der Waals surface area contributed by atoms with Gasteiger partial charge in [-0.1, -0.05) is 0 Å². The second-order valence-electron chi connectivity index (χ2n) is 5.76. The van der Waals surface area contributed by atoms with Crippen molar-refractivity contribution in [2.45, 2.75) is 37.9 Å². The van der Waals surface area contributed by atoms with Crippen LogP contribution < -0.4 is 0 Å². The number of likely N-dealkylation sites (tertiary alicyclic amines) is 1. The zero-order chi connectivity index (χ0) is 14.1. The highest BCUT2D eigenvalue weighted by atomic mass is 16.4. The second kappa shape index (κ2) is 5.46. The highest BCUT2D eigenvalue weighted by molar-refractivity contribution is 5.88. The maximum Gasteiger partial charge on any atom is 0.339 e. The van der Waals surface area contributed by atoms with E-state index in [0.717, 1.165) is 19.5 Å². The molecule has 6 heteroatoms. The number of carboxylic acid groups (broad SMARTS) is 1. The second-order valence-corrected chi connectivity index (χ2v) is 5.76. The fourth-order valence-corrected chi connectivity index (χ4v) is 3.39. The van der Waals surface area contributed by atoms with Crippen LogP contribution in [0.2, 0.25) is 0 Å². The minimum absolute atomic E-state index is 0.218. The Labute approximate surface area is 118 Å². The van der Waals surface area contributed by atoms with Crippen LogP contribution in [0.3, 0.4) is 0 Å². The first-order valence-electron chi connectivity index (χ1n) is 7.11. The molecular weight excluding hydrogens is 256 g/mol. The summed E-state index contributed by atoms with van der Waals surface area (Å²) in [6.07, 6.45) is 6.51. The molecule has 108 valence electrons. The van der Waals surface area contributed by atoms with Crippen LogP contribution in [-0.4, -0.2) is 63.1 Å². The van der Waals surface area contributed by atoms with Crippen LogP contribution in [0.15, 0.2) is 12.5 Å². The van der Waals surface area contributed by atoms with Gasteiger partial charge in [0, 0.05) is 37.9 Å². The van der Waals surface area contributed by atoms with Gasteiger partial charge in [0.15, 0.2) is 0 Å². The van der Waals surface area contributed by atoms with Gasteiger partial charge in [0.05, 0.1) is 5.69 Å². The van der Waals surface area contributed by atoms with E-state index in [-0.39, 0.29) is 5.56 Å². The first kappa shape index (κ1) is 13.5. The van der Waals surface area contributed by atoms with Crippen LogP contribution >= 0.6 is 0 Å². The monoisotopic (exact) mass is 276 g/mol. The summed E-state index contributed by atoms with van der Waals surface area (Å²) >= 11 is 0. The molecule has 0 amide bonds. The van der Waals surface area contributed by atoms with E-state index in [1.54, 1.807) is 0 Å². The lowest BCUT2D eigenvalue weighted by molar-refractivity contribution is 0.0693. The lowest BCUT2D eigenvalue weighted by atomic mass is 10.1. The molecule has 3 heterocycles. The zero-order valence-corrected chi connectivity index (χ0v) is 11.7. The van der Waals surface area contributed by atoms with Crippen molar-refractivity contribution >= 4 is 5.97 Å². The van der Waals surface area contributed by atoms with Gasteiger partial charge >= 0.3 is 5.97 Å². The van der Waals surface area contributed by atoms with Crippen LogP contribution in [0.4, 0.5) is 0 Å². The standard InChI is InChI=1S/C14H20N4O2/c1-17-10-2-3-11(17)7-18(5-4-10)8-13-12(14(19)20)6-15-9-16-13/h6,9-11H,2-5,7-8H2,1H3,(H,19,20). The normalized spacial score (nSPS) is 27.4. The molecular formula is C14H20N4O2. The SMILES string of the molecule is CN1C2CCC1CN(Cc1ncncc1C(=O)O)CC2. The third-order valence-corrected chi connectivity index (χ3v) is 4.63. The molecule has 0 spiro atoms. The summed E-state index contributed by atoms with van der Waals surface area (Å²) in [7, 11) is 2.21. The van der Waals surface area contributed by atoms with Crippen molar-refractivity contribution in [2.75, 3.05) is 20.1 Å². The van der Waals surface area contributed by atoms with Crippen molar-refractivity contribution in [3.8, 4) is 0 Å². The number of aromatic nitrogens is 2. The number of carboxylic acids is 1. The van der Waals surface area contributed by atoms with Crippen molar-refractivity contribution in [2.24, 2.45) is 0 Å². The maximum absolute atomic E-state index is 11.2. The van der Waals surface area contributed by atoms with E-state index in [1.807, 2.05) is 0 Å². The number of carbonyl (C=O) groups is 1. The van der Waals surface area contributed by atoms with Crippen LogP contribution in [0, 0.1) is 0 Å². The van der Waals surface area contributed by atoms with Crippen LogP contribution in [-0.2, 0) is 6.54 Å². The first-order valence-corrected chi connectivity index (χ1v) is 7.11. The highest BCUT2D eigenvalue weighted by Gasteiger charge is 2.34. The van der Waals surface area contributed by atoms with Gasteiger partial charge in [-0.2, -0.15) is 0 Å². The van der Waals surface area contributed by atoms with Crippen molar-refractivity contribution in [3.05, 3.63) is 23.8 Å². The largest absolute Gasteiger partial charge is 0.478 e. The molecule has 1 aromatic rings. The summed E-state index contributed by atoms with van der Waals surface area (Å²) in [6, 6.07) is 1.28. The summed E-state index contributed by atoms with van der Waals surface area (Å²) in [5.74, 6) is -0.950. The van der Waals surface area contributed by atoms with Gasteiger partial charge in [-0.3, -0.25) is 9.80 Å². The van der Waals surface area contributed by atoms with Gasteiger partial charge in [-0.25, -0.2) is 14.8 Å². The zero-order valence-electron chi connectivity index (χ0n) is 11.7. The van der Waals surface area contributed by atoms with Gasteiger partial charge < -0.3 is 5.11 Å². The number of likely N-dealkylation sites (N-methyl/N-ethyl adjacent to an activating group) is 1. The number of hydrogen-bond donors (Lipinski definition) is 1. The van der Waals surface area contributed by atoms with Crippen molar-refractivity contribution in [1.82, 2.24) is 19.8 Å². The molecule has 1 N–H and O–H groups in total. The smallest absolute Gasteiger partial charge is 0.339 e. The first-order chi connectivity index (χ1) is 9.65. The number of rotatable bonds is 3. The number of nitrogens with zero attached hydrogens (tertiary/aromatic N) is 4. The summed E-state index contributed by atoms with van der Waals surface area (Å²) in [5.41, 5.74) is 0.836. The molecule has 2 saturated heterocycles. The van der Waals surface area contributed by atoms with Gasteiger partial charge in [0.25, 0.3) is 0 Å². The summed E-state index contributed by atoms with van der Waals surface area (Å²) < 4.78 is 0. The number of aromatic carboxylic acids is 1. The Morgan fingerprint density at radius 2 is 2.20 bits per heavy atom. The predicted octanol–water partition coefficient (Wildman–Crippen LogP) is 0.843. The highest BCUT2D eigenvalue weighted by Crippen LogP contribution is 2.29. The topological polar surface area (TPSA) is 69.6 Å². The van der Waals surface area contributed by atoms with Gasteiger partial charge in [0.2, 0.25) is 0 Å². The minimum atomic E-state index is -0.950. The summed E-state index contributed by atoms with van der Waals surface area (Å²) in [5, 5.41) is 9.19. The van der Waals surface area contributed by atoms with Crippen LogP contribution in [0.1, 0.15) is 35.3 Å². The van der Waals surface area contributed by atoms with E-state index in [1.165, 1.54) is 25.4 Å². The molecule has 2 bridgehead atoms. The van der Waals surface area contributed by atoms with Gasteiger partial charge in [0.1, 0.15) is 11.9 Å². The fourth-order valence-electron chi connectivity index (χ4n) is 3.39. The summed E-state index contributed by atoms with van der Waals surface area (Å²) in [4.78, 5) is 24.0. The van der Waals surface area contributed by atoms with E-state index in [4.69, 9.17) is 0 Å². The van der Waals surface area contributed by atoms with Gasteiger partial charge in [-0.05, 0) is 26.3 Å². The average Bonchev–Trinajstić information content (AvgIpc) is 2.67. The molecule has 2 aliphatic rings. The third-order valence-electron chi connectivity index (χ3n) is 4.63. The molecule has 3 rings (SSSR count). The Balaban J connectivity index is 1.74. The van der Waals surface area contributed by atoms with E-state index in [9.17, 15) is 9.90 Å². The van der Waals surface area contributed by atoms with E-state index in [0.29, 0.717) is 24.3 Å². The molecule has 20 heavy (non-hydrogen) atoms. The molecule has 0 saturated carbocycles. The van der Waals surface area contributed by atoms with E-state index < -0.39 is 5.97 Å². The summed E-state index contributed by atoms with van der Waals surface area (Å²) in [6.45, 7) is 2.60. The van der Waals surface area contributed by atoms with Crippen molar-refractivity contribution in [1.29, 1.82) is 0 Å². The molecule has 2 unspecified atom stereocenters.